The smallest absolute Gasteiger partial charge is 0.272 e. The number of carbonyl (C=O) groups is 2. The zero-order valence-corrected chi connectivity index (χ0v) is 14.8. The van der Waals surface area contributed by atoms with Gasteiger partial charge in [0.25, 0.3) is 5.91 Å². The number of hydrogen-bond donors (Lipinski definition) is 1. The average molecular weight is 333 g/mol. The summed E-state index contributed by atoms with van der Waals surface area (Å²) in [5.74, 6) is 0.468. The molecule has 1 aliphatic heterocycles. The molecule has 1 fully saturated rings. The van der Waals surface area contributed by atoms with Crippen LogP contribution in [0.25, 0.3) is 0 Å². The van der Waals surface area contributed by atoms with E-state index in [9.17, 15) is 9.59 Å². The Balaban J connectivity index is 1.99. The molecule has 0 spiro atoms. The monoisotopic (exact) mass is 333 g/mol. The molecule has 7 nitrogen and oxygen atoms in total. The Morgan fingerprint density at radius 2 is 1.79 bits per heavy atom. The van der Waals surface area contributed by atoms with Crippen molar-refractivity contribution in [3.05, 3.63) is 17.5 Å². The largest absolute Gasteiger partial charge is 0.354 e. The maximum atomic E-state index is 12.7. The number of piperazine rings is 1. The molecule has 2 amide bonds. The molecule has 1 saturated heterocycles. The number of hydrogen-bond acceptors (Lipinski definition) is 5. The summed E-state index contributed by atoms with van der Waals surface area (Å²) >= 11 is 0. The third kappa shape index (κ3) is 4.91. The number of nitrogens with zero attached hydrogens (tertiary/aromatic N) is 4. The third-order valence-electron chi connectivity index (χ3n) is 4.15. The van der Waals surface area contributed by atoms with E-state index in [2.05, 4.69) is 22.2 Å². The maximum absolute atomic E-state index is 12.7. The lowest BCUT2D eigenvalue weighted by molar-refractivity contribution is -0.130. The van der Waals surface area contributed by atoms with Gasteiger partial charge < -0.3 is 15.1 Å². The van der Waals surface area contributed by atoms with Crippen LogP contribution in [0.5, 0.6) is 0 Å². The van der Waals surface area contributed by atoms with Crippen molar-refractivity contribution >= 4 is 17.8 Å². The van der Waals surface area contributed by atoms with Gasteiger partial charge >= 0.3 is 0 Å². The van der Waals surface area contributed by atoms with E-state index in [1.165, 1.54) is 0 Å². The van der Waals surface area contributed by atoms with Gasteiger partial charge in [0.1, 0.15) is 5.69 Å². The van der Waals surface area contributed by atoms with Crippen molar-refractivity contribution in [1.29, 1.82) is 0 Å². The number of amides is 2. The van der Waals surface area contributed by atoms with Crippen molar-refractivity contribution < 1.29 is 9.59 Å². The van der Waals surface area contributed by atoms with Gasteiger partial charge in [-0.15, -0.1) is 0 Å². The Labute approximate surface area is 143 Å². The minimum atomic E-state index is -0.0969. The fourth-order valence-electron chi connectivity index (χ4n) is 2.72. The molecule has 0 atom stereocenters. The van der Waals surface area contributed by atoms with Crippen molar-refractivity contribution in [2.45, 2.75) is 40.0 Å². The third-order valence-corrected chi connectivity index (χ3v) is 4.15. The summed E-state index contributed by atoms with van der Waals surface area (Å²) < 4.78 is 0. The fraction of sp³-hybridized carbons (Fsp3) is 0.647. The summed E-state index contributed by atoms with van der Waals surface area (Å²) in [5.41, 5.74) is 1.19. The normalized spacial score (nSPS) is 14.6. The van der Waals surface area contributed by atoms with Crippen LogP contribution < -0.4 is 5.32 Å². The summed E-state index contributed by atoms with van der Waals surface area (Å²) in [6, 6.07) is 1.72. The van der Waals surface area contributed by atoms with Crippen LogP contribution in [-0.2, 0) is 4.79 Å². The second kappa shape index (κ2) is 8.61. The lowest BCUT2D eigenvalue weighted by Gasteiger charge is -2.34. The molecular weight excluding hydrogens is 306 g/mol. The van der Waals surface area contributed by atoms with E-state index >= 15 is 0 Å². The fourth-order valence-corrected chi connectivity index (χ4v) is 2.72. The average Bonchev–Trinajstić information content (AvgIpc) is 2.57. The zero-order valence-electron chi connectivity index (χ0n) is 14.8. The molecule has 0 aromatic carbocycles. The lowest BCUT2D eigenvalue weighted by Crippen LogP contribution is -2.50. The second-order valence-corrected chi connectivity index (χ2v) is 6.15. The molecular formula is C17H27N5O2. The quantitative estimate of drug-likeness (QED) is 0.802. The minimum Gasteiger partial charge on any atom is -0.354 e. The van der Waals surface area contributed by atoms with Crippen molar-refractivity contribution in [1.82, 2.24) is 19.8 Å². The lowest BCUT2D eigenvalue weighted by atomic mass is 10.2. The standard InChI is InChI=1S/C17H27N5O2/c1-4-5-6-7-18-17-19-13(2)12-15(20-17)16(24)22-10-8-21(9-11-22)14(3)23/h12H,4-11H2,1-3H3,(H,18,19,20). The molecule has 0 unspecified atom stereocenters. The van der Waals surface area contributed by atoms with Crippen LogP contribution >= 0.6 is 0 Å². The Bertz CT molecular complexity index is 582. The highest BCUT2D eigenvalue weighted by Crippen LogP contribution is 2.11. The van der Waals surface area contributed by atoms with Crippen LogP contribution in [0, 0.1) is 6.92 Å². The van der Waals surface area contributed by atoms with Gasteiger partial charge in [0.2, 0.25) is 11.9 Å². The molecule has 0 aliphatic carbocycles. The number of aryl methyl sites for hydroxylation is 1. The number of anilines is 1. The van der Waals surface area contributed by atoms with Gasteiger partial charge in [-0.05, 0) is 19.4 Å². The van der Waals surface area contributed by atoms with Gasteiger partial charge in [-0.2, -0.15) is 0 Å². The van der Waals surface area contributed by atoms with Crippen LogP contribution in [0.3, 0.4) is 0 Å². The summed E-state index contributed by atoms with van der Waals surface area (Å²) in [6.07, 6.45) is 3.38. The molecule has 132 valence electrons. The number of carbonyl (C=O) groups excluding carboxylic acids is 2. The summed E-state index contributed by atoms with van der Waals surface area (Å²) in [6.45, 7) is 8.63. The molecule has 0 bridgehead atoms. The zero-order chi connectivity index (χ0) is 17.5. The van der Waals surface area contributed by atoms with Crippen molar-refractivity contribution in [2.24, 2.45) is 0 Å². The van der Waals surface area contributed by atoms with E-state index in [1.54, 1.807) is 22.8 Å². The summed E-state index contributed by atoms with van der Waals surface area (Å²) in [4.78, 5) is 36.3. The van der Waals surface area contributed by atoms with E-state index in [1.807, 2.05) is 6.92 Å². The molecule has 1 aromatic rings. The van der Waals surface area contributed by atoms with Crippen molar-refractivity contribution in [2.75, 3.05) is 38.0 Å². The van der Waals surface area contributed by atoms with E-state index in [4.69, 9.17) is 0 Å². The summed E-state index contributed by atoms with van der Waals surface area (Å²) in [7, 11) is 0. The number of nitrogens with one attached hydrogen (secondary N) is 1. The molecule has 1 N–H and O–H groups in total. The molecule has 0 saturated carbocycles. The first-order chi connectivity index (χ1) is 11.5. The summed E-state index contributed by atoms with van der Waals surface area (Å²) in [5, 5.41) is 3.19. The van der Waals surface area contributed by atoms with Gasteiger partial charge in [0, 0.05) is 45.3 Å². The van der Waals surface area contributed by atoms with Crippen LogP contribution in [0.2, 0.25) is 0 Å². The van der Waals surface area contributed by atoms with Crippen LogP contribution in [-0.4, -0.2) is 64.3 Å². The SMILES string of the molecule is CCCCCNc1nc(C)cc(C(=O)N2CCN(C(C)=O)CC2)n1. The predicted molar refractivity (Wildman–Crippen MR) is 92.9 cm³/mol. The highest BCUT2D eigenvalue weighted by molar-refractivity contribution is 5.92. The van der Waals surface area contributed by atoms with Gasteiger partial charge in [-0.3, -0.25) is 9.59 Å². The highest BCUT2D eigenvalue weighted by atomic mass is 16.2. The highest BCUT2D eigenvalue weighted by Gasteiger charge is 2.24. The number of aromatic nitrogens is 2. The molecule has 0 radical (unpaired) electrons. The van der Waals surface area contributed by atoms with Crippen molar-refractivity contribution in [3.8, 4) is 0 Å². The maximum Gasteiger partial charge on any atom is 0.272 e. The predicted octanol–water partition coefficient (Wildman–Crippen LogP) is 1.69. The molecule has 1 aliphatic rings. The number of rotatable bonds is 6. The molecule has 24 heavy (non-hydrogen) atoms. The van der Waals surface area contributed by atoms with Crippen LogP contribution in [0.4, 0.5) is 5.95 Å². The molecule has 1 aromatic heterocycles. The minimum absolute atomic E-state index is 0.0542. The van der Waals surface area contributed by atoms with E-state index in [-0.39, 0.29) is 11.8 Å². The van der Waals surface area contributed by atoms with E-state index in [0.717, 1.165) is 31.5 Å². The van der Waals surface area contributed by atoms with E-state index < -0.39 is 0 Å². The van der Waals surface area contributed by atoms with Gasteiger partial charge in [-0.1, -0.05) is 19.8 Å². The molecule has 7 heteroatoms. The van der Waals surface area contributed by atoms with Gasteiger partial charge in [0.05, 0.1) is 0 Å². The first-order valence-corrected chi connectivity index (χ1v) is 8.65. The first-order valence-electron chi connectivity index (χ1n) is 8.65. The topological polar surface area (TPSA) is 78.4 Å². The Hall–Kier alpha value is -2.18. The second-order valence-electron chi connectivity index (χ2n) is 6.15. The molecule has 2 rings (SSSR count). The molecule has 2 heterocycles. The Morgan fingerprint density at radius 1 is 1.12 bits per heavy atom. The van der Waals surface area contributed by atoms with Gasteiger partial charge in [-0.25, -0.2) is 9.97 Å². The van der Waals surface area contributed by atoms with Gasteiger partial charge in [0.15, 0.2) is 0 Å². The first kappa shape index (κ1) is 18.2. The van der Waals surface area contributed by atoms with Crippen LogP contribution in [0.1, 0.15) is 49.3 Å². The van der Waals surface area contributed by atoms with Crippen LogP contribution in [0.15, 0.2) is 6.07 Å². The number of unbranched alkanes of at least 4 members (excludes halogenated alkanes) is 2. The van der Waals surface area contributed by atoms with E-state index in [0.29, 0.717) is 37.8 Å². The Morgan fingerprint density at radius 3 is 2.42 bits per heavy atom. The Kier molecular flexibility index (Phi) is 6.52. The van der Waals surface area contributed by atoms with Crippen molar-refractivity contribution in [3.63, 3.8) is 0 Å².